The van der Waals surface area contributed by atoms with Gasteiger partial charge in [-0.2, -0.15) is 0 Å². The molecular formula is C14H20ClN. The monoisotopic (exact) mass is 237 g/mol. The summed E-state index contributed by atoms with van der Waals surface area (Å²) in [5, 5.41) is 4.00. The molecule has 0 saturated carbocycles. The zero-order chi connectivity index (χ0) is 12.3. The number of hydrogen-bond acceptors (Lipinski definition) is 1. The van der Waals surface area contributed by atoms with Gasteiger partial charge in [-0.3, -0.25) is 0 Å². The molecule has 1 aromatic rings. The van der Waals surface area contributed by atoms with Crippen LogP contribution in [0.1, 0.15) is 35.2 Å². The molecule has 1 aromatic carbocycles. The molecule has 0 aromatic heterocycles. The van der Waals surface area contributed by atoms with Crippen molar-refractivity contribution in [1.82, 2.24) is 5.32 Å². The van der Waals surface area contributed by atoms with Gasteiger partial charge in [0, 0.05) is 17.6 Å². The van der Waals surface area contributed by atoms with Crippen molar-refractivity contribution >= 4 is 11.6 Å². The number of aryl methyl sites for hydroxylation is 3. The molecule has 2 heteroatoms. The van der Waals surface area contributed by atoms with Crippen LogP contribution >= 0.6 is 11.6 Å². The van der Waals surface area contributed by atoms with Crippen LogP contribution in [-0.2, 0) is 0 Å². The zero-order valence-corrected chi connectivity index (χ0v) is 11.3. The van der Waals surface area contributed by atoms with E-state index < -0.39 is 0 Å². The molecule has 0 saturated heterocycles. The van der Waals surface area contributed by atoms with Gasteiger partial charge in [0.1, 0.15) is 0 Å². The molecule has 1 unspecified atom stereocenters. The number of nitrogens with one attached hydrogen (secondary N) is 1. The summed E-state index contributed by atoms with van der Waals surface area (Å²) < 4.78 is 0. The predicted molar refractivity (Wildman–Crippen MR) is 72.1 cm³/mol. The number of halogens is 1. The maximum atomic E-state index is 5.75. The standard InChI is InChI=1S/C14H20ClN/c1-9-6-11(3)14(7-10(9)2)13(5)16-8-12(4)15/h6-7,13,16H,4,8H2,1-3,5H3. The van der Waals surface area contributed by atoms with E-state index in [0.29, 0.717) is 17.6 Å². The SMILES string of the molecule is C=C(Cl)CNC(C)c1cc(C)c(C)cc1C. The van der Waals surface area contributed by atoms with Crippen LogP contribution in [0.5, 0.6) is 0 Å². The molecule has 0 aliphatic rings. The van der Waals surface area contributed by atoms with Gasteiger partial charge in [0.2, 0.25) is 0 Å². The lowest BCUT2D eigenvalue weighted by Crippen LogP contribution is -2.20. The van der Waals surface area contributed by atoms with E-state index in [1.54, 1.807) is 0 Å². The second-order valence-electron chi connectivity index (χ2n) is 4.41. The highest BCUT2D eigenvalue weighted by Crippen LogP contribution is 2.21. The minimum absolute atomic E-state index is 0.301. The third kappa shape index (κ3) is 3.36. The first kappa shape index (κ1) is 13.3. The molecule has 0 spiro atoms. The largest absolute Gasteiger partial charge is 0.305 e. The van der Waals surface area contributed by atoms with Crippen LogP contribution in [0.3, 0.4) is 0 Å². The van der Waals surface area contributed by atoms with Gasteiger partial charge in [-0.25, -0.2) is 0 Å². The molecule has 0 bridgehead atoms. The Kier molecular flexibility index (Phi) is 4.57. The highest BCUT2D eigenvalue weighted by Gasteiger charge is 2.09. The van der Waals surface area contributed by atoms with Crippen molar-refractivity contribution < 1.29 is 0 Å². The second kappa shape index (κ2) is 5.51. The molecule has 1 N–H and O–H groups in total. The van der Waals surface area contributed by atoms with Crippen LogP contribution in [0.2, 0.25) is 0 Å². The molecule has 1 atom stereocenters. The Bertz CT molecular complexity index is 396. The Hall–Kier alpha value is -0.790. The Balaban J connectivity index is 2.86. The first-order valence-corrected chi connectivity index (χ1v) is 5.94. The average molecular weight is 238 g/mol. The normalized spacial score (nSPS) is 12.6. The van der Waals surface area contributed by atoms with Crippen molar-refractivity contribution in [3.63, 3.8) is 0 Å². The highest BCUT2D eigenvalue weighted by molar-refractivity contribution is 6.29. The van der Waals surface area contributed by atoms with Gasteiger partial charge in [0.25, 0.3) is 0 Å². The molecule has 0 heterocycles. The highest BCUT2D eigenvalue weighted by atomic mass is 35.5. The Labute approximate surface area is 104 Å². The van der Waals surface area contributed by atoms with Crippen molar-refractivity contribution in [2.75, 3.05) is 6.54 Å². The van der Waals surface area contributed by atoms with Gasteiger partial charge < -0.3 is 5.32 Å². The van der Waals surface area contributed by atoms with E-state index in [9.17, 15) is 0 Å². The minimum atomic E-state index is 0.301. The van der Waals surface area contributed by atoms with E-state index in [1.807, 2.05) is 0 Å². The summed E-state index contributed by atoms with van der Waals surface area (Å²) >= 11 is 5.75. The summed E-state index contributed by atoms with van der Waals surface area (Å²) in [7, 11) is 0. The minimum Gasteiger partial charge on any atom is -0.305 e. The number of benzene rings is 1. The predicted octanol–water partition coefficient (Wildman–Crippen LogP) is 4.01. The average Bonchev–Trinajstić information content (AvgIpc) is 2.20. The van der Waals surface area contributed by atoms with Crippen LogP contribution in [0.4, 0.5) is 0 Å². The van der Waals surface area contributed by atoms with Crippen molar-refractivity contribution in [2.24, 2.45) is 0 Å². The van der Waals surface area contributed by atoms with E-state index in [0.717, 1.165) is 0 Å². The van der Waals surface area contributed by atoms with Gasteiger partial charge in [-0.1, -0.05) is 30.3 Å². The molecule has 0 radical (unpaired) electrons. The summed E-state index contributed by atoms with van der Waals surface area (Å²) in [6.45, 7) is 12.9. The Morgan fingerprint density at radius 3 is 2.38 bits per heavy atom. The smallest absolute Gasteiger partial charge is 0.0313 e. The first-order chi connectivity index (χ1) is 7.41. The summed E-state index contributed by atoms with van der Waals surface area (Å²) in [5.74, 6) is 0. The lowest BCUT2D eigenvalue weighted by molar-refractivity contribution is 0.611. The van der Waals surface area contributed by atoms with Crippen LogP contribution in [0.25, 0.3) is 0 Å². The third-order valence-corrected chi connectivity index (χ3v) is 3.08. The maximum Gasteiger partial charge on any atom is 0.0313 e. The third-order valence-electron chi connectivity index (χ3n) is 2.95. The van der Waals surface area contributed by atoms with E-state index in [2.05, 4.69) is 51.7 Å². The van der Waals surface area contributed by atoms with E-state index in [4.69, 9.17) is 11.6 Å². The maximum absolute atomic E-state index is 5.75. The lowest BCUT2D eigenvalue weighted by Gasteiger charge is -2.18. The van der Waals surface area contributed by atoms with Gasteiger partial charge in [-0.05, 0) is 49.9 Å². The number of hydrogen-bond donors (Lipinski definition) is 1. The molecule has 88 valence electrons. The summed E-state index contributed by atoms with van der Waals surface area (Å²) in [6, 6.07) is 4.78. The van der Waals surface area contributed by atoms with Gasteiger partial charge in [0.05, 0.1) is 0 Å². The first-order valence-electron chi connectivity index (χ1n) is 5.56. The van der Waals surface area contributed by atoms with E-state index >= 15 is 0 Å². The van der Waals surface area contributed by atoms with Gasteiger partial charge in [0.15, 0.2) is 0 Å². The lowest BCUT2D eigenvalue weighted by atomic mass is 9.96. The Morgan fingerprint density at radius 1 is 1.25 bits per heavy atom. The Morgan fingerprint density at radius 2 is 1.81 bits per heavy atom. The van der Waals surface area contributed by atoms with E-state index in [1.165, 1.54) is 22.3 Å². The molecule has 16 heavy (non-hydrogen) atoms. The topological polar surface area (TPSA) is 12.0 Å². The van der Waals surface area contributed by atoms with Crippen LogP contribution in [-0.4, -0.2) is 6.54 Å². The summed E-state index contributed by atoms with van der Waals surface area (Å²) in [5.41, 5.74) is 5.33. The molecule has 0 amide bonds. The van der Waals surface area contributed by atoms with E-state index in [-0.39, 0.29) is 0 Å². The fraction of sp³-hybridized carbons (Fsp3) is 0.429. The molecule has 1 nitrogen and oxygen atoms in total. The molecular weight excluding hydrogens is 218 g/mol. The summed E-state index contributed by atoms with van der Waals surface area (Å²) in [4.78, 5) is 0. The van der Waals surface area contributed by atoms with Crippen LogP contribution in [0.15, 0.2) is 23.7 Å². The quantitative estimate of drug-likeness (QED) is 0.834. The van der Waals surface area contributed by atoms with Crippen molar-refractivity contribution in [1.29, 1.82) is 0 Å². The fourth-order valence-corrected chi connectivity index (χ4v) is 1.90. The van der Waals surface area contributed by atoms with Crippen molar-refractivity contribution in [2.45, 2.75) is 33.7 Å². The molecule has 0 aliphatic heterocycles. The van der Waals surface area contributed by atoms with Crippen molar-refractivity contribution in [3.8, 4) is 0 Å². The van der Waals surface area contributed by atoms with Crippen molar-refractivity contribution in [3.05, 3.63) is 46.0 Å². The molecule has 0 aliphatic carbocycles. The van der Waals surface area contributed by atoms with Gasteiger partial charge in [-0.15, -0.1) is 0 Å². The van der Waals surface area contributed by atoms with Crippen LogP contribution < -0.4 is 5.32 Å². The zero-order valence-electron chi connectivity index (χ0n) is 10.5. The number of rotatable bonds is 4. The van der Waals surface area contributed by atoms with Gasteiger partial charge >= 0.3 is 0 Å². The van der Waals surface area contributed by atoms with Crippen LogP contribution in [0, 0.1) is 20.8 Å². The molecule has 0 fully saturated rings. The fourth-order valence-electron chi connectivity index (χ4n) is 1.82. The second-order valence-corrected chi connectivity index (χ2v) is 4.95. The molecule has 1 rings (SSSR count). The summed E-state index contributed by atoms with van der Waals surface area (Å²) in [6.07, 6.45) is 0.